The first-order chi connectivity index (χ1) is 8.28. The highest BCUT2D eigenvalue weighted by Gasteiger charge is 1.97. The van der Waals surface area contributed by atoms with Gasteiger partial charge in [0.25, 0.3) is 0 Å². The van der Waals surface area contributed by atoms with Gasteiger partial charge in [-0.2, -0.15) is 0 Å². The highest BCUT2D eigenvalue weighted by Crippen LogP contribution is 2.14. The van der Waals surface area contributed by atoms with Crippen LogP contribution in [0.4, 0.5) is 5.82 Å². The molecule has 0 unspecified atom stereocenters. The molecule has 0 saturated heterocycles. The minimum absolute atomic E-state index is 0.783. The van der Waals surface area contributed by atoms with Crippen LogP contribution < -0.4 is 5.32 Å². The molecule has 0 spiro atoms. The van der Waals surface area contributed by atoms with Crippen LogP contribution in [0.3, 0.4) is 0 Å². The van der Waals surface area contributed by atoms with Crippen molar-refractivity contribution >= 4 is 17.6 Å². The van der Waals surface area contributed by atoms with Gasteiger partial charge in [-0.25, -0.2) is 9.97 Å². The fourth-order valence-corrected chi connectivity index (χ4v) is 1.83. The fraction of sp³-hybridized carbons (Fsp3) is 0.231. The average Bonchev–Trinajstić information content (AvgIpc) is 2.38. The number of hydrogen-bond donors (Lipinski definition) is 1. The predicted molar refractivity (Wildman–Crippen MR) is 72.3 cm³/mol. The van der Waals surface area contributed by atoms with E-state index in [2.05, 4.69) is 46.5 Å². The first kappa shape index (κ1) is 11.9. The molecule has 0 aliphatic heterocycles. The summed E-state index contributed by atoms with van der Waals surface area (Å²) in [5.74, 6) is 0.866. The van der Waals surface area contributed by atoms with Crippen LogP contribution in [-0.2, 0) is 6.54 Å². The number of rotatable bonds is 4. The van der Waals surface area contributed by atoms with Crippen molar-refractivity contribution in [2.75, 3.05) is 11.6 Å². The average molecular weight is 245 g/mol. The van der Waals surface area contributed by atoms with E-state index < -0.39 is 0 Å². The van der Waals surface area contributed by atoms with Crippen molar-refractivity contribution in [1.29, 1.82) is 0 Å². The Morgan fingerprint density at radius 3 is 2.65 bits per heavy atom. The maximum atomic E-state index is 4.18. The number of anilines is 1. The van der Waals surface area contributed by atoms with Crippen LogP contribution in [0.15, 0.2) is 41.7 Å². The highest BCUT2D eigenvalue weighted by atomic mass is 32.2. The summed E-state index contributed by atoms with van der Waals surface area (Å²) < 4.78 is 0. The molecule has 0 amide bonds. The van der Waals surface area contributed by atoms with Crippen molar-refractivity contribution in [3.05, 3.63) is 47.8 Å². The van der Waals surface area contributed by atoms with Gasteiger partial charge in [0.05, 0.1) is 0 Å². The van der Waals surface area contributed by atoms with Crippen LogP contribution in [0.5, 0.6) is 0 Å². The van der Waals surface area contributed by atoms with E-state index in [9.17, 15) is 0 Å². The smallest absolute Gasteiger partial charge is 0.130 e. The Morgan fingerprint density at radius 2 is 1.94 bits per heavy atom. The van der Waals surface area contributed by atoms with Gasteiger partial charge >= 0.3 is 0 Å². The molecule has 0 fully saturated rings. The molecule has 88 valence electrons. The Balaban J connectivity index is 1.99. The molecular weight excluding hydrogens is 230 g/mol. The molecule has 0 atom stereocenters. The van der Waals surface area contributed by atoms with Crippen molar-refractivity contribution in [2.45, 2.75) is 18.5 Å². The summed E-state index contributed by atoms with van der Waals surface area (Å²) in [4.78, 5) is 8.32. The van der Waals surface area contributed by atoms with Gasteiger partial charge in [0, 0.05) is 12.6 Å². The summed E-state index contributed by atoms with van der Waals surface area (Å²) >= 11 is 1.62. The molecule has 2 rings (SSSR count). The van der Waals surface area contributed by atoms with E-state index in [1.165, 1.54) is 11.1 Å². The minimum atomic E-state index is 0.783. The van der Waals surface area contributed by atoms with Crippen LogP contribution in [0, 0.1) is 6.92 Å². The molecule has 1 aromatic carbocycles. The van der Waals surface area contributed by atoms with Crippen LogP contribution in [-0.4, -0.2) is 16.2 Å². The molecule has 0 bridgehead atoms. The molecule has 0 saturated carbocycles. The van der Waals surface area contributed by atoms with Crippen molar-refractivity contribution in [3.8, 4) is 0 Å². The molecule has 4 heteroatoms. The molecule has 17 heavy (non-hydrogen) atoms. The number of thioether (sulfide) groups is 1. The van der Waals surface area contributed by atoms with Gasteiger partial charge in [0.2, 0.25) is 0 Å². The van der Waals surface area contributed by atoms with Crippen LogP contribution in [0.25, 0.3) is 0 Å². The highest BCUT2D eigenvalue weighted by molar-refractivity contribution is 7.98. The number of aryl methyl sites for hydroxylation is 1. The van der Waals surface area contributed by atoms with Crippen molar-refractivity contribution < 1.29 is 0 Å². The number of aromatic nitrogens is 2. The van der Waals surface area contributed by atoms with Gasteiger partial charge in [-0.05, 0) is 18.7 Å². The summed E-state index contributed by atoms with van der Waals surface area (Å²) in [6.07, 6.45) is 3.59. The van der Waals surface area contributed by atoms with Crippen LogP contribution >= 0.6 is 11.8 Å². The third-order valence-corrected chi connectivity index (χ3v) is 3.09. The molecule has 0 aliphatic carbocycles. The molecule has 0 radical (unpaired) electrons. The lowest BCUT2D eigenvalue weighted by Crippen LogP contribution is -2.01. The maximum absolute atomic E-state index is 4.18. The lowest BCUT2D eigenvalue weighted by atomic mass is 10.1. The van der Waals surface area contributed by atoms with Crippen molar-refractivity contribution in [2.24, 2.45) is 0 Å². The van der Waals surface area contributed by atoms with E-state index in [-0.39, 0.29) is 0 Å². The predicted octanol–water partition coefficient (Wildman–Crippen LogP) is 3.12. The van der Waals surface area contributed by atoms with E-state index in [0.29, 0.717) is 0 Å². The maximum Gasteiger partial charge on any atom is 0.130 e. The quantitative estimate of drug-likeness (QED) is 0.663. The molecule has 1 N–H and O–H groups in total. The summed E-state index contributed by atoms with van der Waals surface area (Å²) in [7, 11) is 0. The lowest BCUT2D eigenvalue weighted by Gasteiger charge is -2.06. The van der Waals surface area contributed by atoms with Crippen molar-refractivity contribution in [1.82, 2.24) is 9.97 Å². The zero-order valence-corrected chi connectivity index (χ0v) is 10.8. The van der Waals surface area contributed by atoms with E-state index in [0.717, 1.165) is 17.4 Å². The van der Waals surface area contributed by atoms with Crippen LogP contribution in [0.2, 0.25) is 0 Å². The number of hydrogen-bond acceptors (Lipinski definition) is 4. The Kier molecular flexibility index (Phi) is 3.98. The monoisotopic (exact) mass is 245 g/mol. The second kappa shape index (κ2) is 5.68. The summed E-state index contributed by atoms with van der Waals surface area (Å²) in [6, 6.07) is 10.4. The van der Waals surface area contributed by atoms with E-state index >= 15 is 0 Å². The normalized spacial score (nSPS) is 10.2. The third-order valence-electron chi connectivity index (χ3n) is 2.45. The molecule has 0 aliphatic rings. The molecule has 1 heterocycles. The van der Waals surface area contributed by atoms with E-state index in [1.54, 1.807) is 18.1 Å². The second-order valence-corrected chi connectivity index (χ2v) is 4.61. The zero-order valence-electron chi connectivity index (χ0n) is 9.97. The number of nitrogens with zero attached hydrogens (tertiary/aromatic N) is 2. The Hall–Kier alpha value is -1.55. The van der Waals surface area contributed by atoms with Gasteiger partial charge in [0.1, 0.15) is 17.2 Å². The SMILES string of the molecule is CSc1cc(NCc2ccc(C)cc2)ncn1. The third kappa shape index (κ3) is 3.46. The zero-order chi connectivity index (χ0) is 12.1. The molecule has 3 nitrogen and oxygen atoms in total. The van der Waals surface area contributed by atoms with Crippen molar-refractivity contribution in [3.63, 3.8) is 0 Å². The minimum Gasteiger partial charge on any atom is -0.366 e. The first-order valence-electron chi connectivity index (χ1n) is 5.43. The Morgan fingerprint density at radius 1 is 1.18 bits per heavy atom. The summed E-state index contributed by atoms with van der Waals surface area (Å²) in [5, 5.41) is 4.27. The van der Waals surface area contributed by atoms with Gasteiger partial charge in [-0.15, -0.1) is 11.8 Å². The van der Waals surface area contributed by atoms with Gasteiger partial charge in [0.15, 0.2) is 0 Å². The standard InChI is InChI=1S/C13H15N3S/c1-10-3-5-11(6-4-10)8-14-12-7-13(17-2)16-9-15-12/h3-7,9H,8H2,1-2H3,(H,14,15,16). The number of benzene rings is 1. The molecule has 1 aromatic heterocycles. The summed E-state index contributed by atoms with van der Waals surface area (Å²) in [6.45, 7) is 2.87. The Labute approximate surface area is 106 Å². The second-order valence-electron chi connectivity index (χ2n) is 3.78. The topological polar surface area (TPSA) is 37.8 Å². The van der Waals surface area contributed by atoms with E-state index in [4.69, 9.17) is 0 Å². The fourth-order valence-electron chi connectivity index (χ4n) is 1.45. The summed E-state index contributed by atoms with van der Waals surface area (Å²) in [5.41, 5.74) is 2.53. The Bertz CT molecular complexity index is 482. The first-order valence-corrected chi connectivity index (χ1v) is 6.66. The largest absolute Gasteiger partial charge is 0.366 e. The molecule has 2 aromatic rings. The van der Waals surface area contributed by atoms with Gasteiger partial charge < -0.3 is 5.32 Å². The van der Waals surface area contributed by atoms with Crippen LogP contribution in [0.1, 0.15) is 11.1 Å². The van der Waals surface area contributed by atoms with E-state index in [1.807, 2.05) is 12.3 Å². The lowest BCUT2D eigenvalue weighted by molar-refractivity contribution is 1.02. The van der Waals surface area contributed by atoms with Gasteiger partial charge in [-0.3, -0.25) is 0 Å². The number of nitrogens with one attached hydrogen (secondary N) is 1. The van der Waals surface area contributed by atoms with Gasteiger partial charge in [-0.1, -0.05) is 29.8 Å². The molecular formula is C13H15N3S.